The zero-order valence-electron chi connectivity index (χ0n) is 22.3. The summed E-state index contributed by atoms with van der Waals surface area (Å²) in [5.41, 5.74) is 7.04. The van der Waals surface area contributed by atoms with Crippen molar-refractivity contribution in [3.8, 4) is 11.5 Å². The van der Waals surface area contributed by atoms with E-state index in [1.54, 1.807) is 14.2 Å². The van der Waals surface area contributed by atoms with Crippen LogP contribution < -0.4 is 14.8 Å². The van der Waals surface area contributed by atoms with Gasteiger partial charge in [-0.1, -0.05) is 48.4 Å². The number of fused-ring (bicyclic) bond motifs is 1. The van der Waals surface area contributed by atoms with Gasteiger partial charge < -0.3 is 19.4 Å². The molecule has 1 N–H and O–H groups in total. The average Bonchev–Trinajstić information content (AvgIpc) is 3.25. The molecular weight excluding hydrogens is 462 g/mol. The molecule has 0 spiro atoms. The summed E-state index contributed by atoms with van der Waals surface area (Å²) in [6, 6.07) is 20.6. The zero-order chi connectivity index (χ0) is 26.2. The second kappa shape index (κ2) is 12.4. The van der Waals surface area contributed by atoms with E-state index in [0.29, 0.717) is 24.5 Å². The van der Waals surface area contributed by atoms with Crippen LogP contribution in [-0.2, 0) is 24.2 Å². The first-order valence-electron chi connectivity index (χ1n) is 13.0. The van der Waals surface area contributed by atoms with E-state index in [9.17, 15) is 4.79 Å². The first-order chi connectivity index (χ1) is 18.0. The van der Waals surface area contributed by atoms with Crippen molar-refractivity contribution in [2.45, 2.75) is 52.5 Å². The Hall–Kier alpha value is -3.80. The molecule has 0 fully saturated rings. The van der Waals surface area contributed by atoms with Crippen molar-refractivity contribution in [3.05, 3.63) is 88.7 Å². The molecule has 0 atom stereocenters. The molecule has 6 heteroatoms. The molecule has 3 aromatic carbocycles. The van der Waals surface area contributed by atoms with Crippen molar-refractivity contribution in [3.63, 3.8) is 0 Å². The van der Waals surface area contributed by atoms with Crippen LogP contribution in [0.25, 0.3) is 11.0 Å². The number of rotatable bonds is 12. The van der Waals surface area contributed by atoms with Gasteiger partial charge in [0.25, 0.3) is 0 Å². The van der Waals surface area contributed by atoms with Gasteiger partial charge in [0.05, 0.1) is 31.7 Å². The maximum atomic E-state index is 12.4. The number of para-hydroxylation sites is 2. The Bertz CT molecular complexity index is 1360. The normalized spacial score (nSPS) is 11.0. The lowest BCUT2D eigenvalue weighted by molar-refractivity contribution is -0.120. The molecule has 4 rings (SSSR count). The fourth-order valence-corrected chi connectivity index (χ4v) is 4.68. The number of hydrogen-bond donors (Lipinski definition) is 1. The van der Waals surface area contributed by atoms with Crippen LogP contribution in [0.15, 0.2) is 60.7 Å². The molecule has 6 nitrogen and oxygen atoms in total. The van der Waals surface area contributed by atoms with E-state index in [1.807, 2.05) is 24.3 Å². The number of amides is 1. The maximum absolute atomic E-state index is 12.4. The molecule has 0 saturated heterocycles. The van der Waals surface area contributed by atoms with Gasteiger partial charge in [-0.15, -0.1) is 0 Å². The summed E-state index contributed by atoms with van der Waals surface area (Å²) in [4.78, 5) is 17.3. The van der Waals surface area contributed by atoms with Crippen LogP contribution in [0, 0.1) is 13.8 Å². The fourth-order valence-electron chi connectivity index (χ4n) is 4.68. The molecule has 4 aromatic rings. The summed E-state index contributed by atoms with van der Waals surface area (Å²) in [7, 11) is 3.20. The van der Waals surface area contributed by atoms with Crippen molar-refractivity contribution < 1.29 is 14.3 Å². The fraction of sp³-hybridized carbons (Fsp3) is 0.355. The number of methoxy groups -OCH3 is 2. The predicted octanol–water partition coefficient (Wildman–Crippen LogP) is 5.79. The minimum absolute atomic E-state index is 0.0162. The number of nitrogens with one attached hydrogen (secondary N) is 1. The molecule has 0 aliphatic heterocycles. The Labute approximate surface area is 219 Å². The van der Waals surface area contributed by atoms with E-state index >= 15 is 0 Å². The molecule has 1 aromatic heterocycles. The Balaban J connectivity index is 1.28. The molecule has 194 valence electrons. The molecule has 0 bridgehead atoms. The van der Waals surface area contributed by atoms with Gasteiger partial charge in [0, 0.05) is 19.5 Å². The lowest BCUT2D eigenvalue weighted by Crippen LogP contribution is -2.26. The highest BCUT2D eigenvalue weighted by molar-refractivity contribution is 5.78. The molecule has 0 aliphatic carbocycles. The quantitative estimate of drug-likeness (QED) is 0.251. The second-order valence-electron chi connectivity index (χ2n) is 9.56. The van der Waals surface area contributed by atoms with Crippen molar-refractivity contribution in [2.75, 3.05) is 20.8 Å². The predicted molar refractivity (Wildman–Crippen MR) is 149 cm³/mol. The topological polar surface area (TPSA) is 65.4 Å². The lowest BCUT2D eigenvalue weighted by Gasteiger charge is -2.13. The minimum Gasteiger partial charge on any atom is -0.493 e. The third-order valence-electron chi connectivity index (χ3n) is 6.78. The van der Waals surface area contributed by atoms with Crippen LogP contribution in [0.5, 0.6) is 11.5 Å². The van der Waals surface area contributed by atoms with E-state index < -0.39 is 0 Å². The summed E-state index contributed by atoms with van der Waals surface area (Å²) in [6.45, 7) is 5.82. The number of carbonyl (C=O) groups excluding carboxylic acids is 1. The molecule has 0 unspecified atom stereocenters. The second-order valence-corrected chi connectivity index (χ2v) is 9.56. The minimum atomic E-state index is 0.0162. The molecule has 0 aliphatic rings. The summed E-state index contributed by atoms with van der Waals surface area (Å²) in [5, 5.41) is 3.04. The van der Waals surface area contributed by atoms with Crippen LogP contribution in [0.1, 0.15) is 47.3 Å². The number of ether oxygens (including phenoxy) is 2. The van der Waals surface area contributed by atoms with E-state index in [-0.39, 0.29) is 5.91 Å². The van der Waals surface area contributed by atoms with E-state index in [1.165, 1.54) is 22.2 Å². The highest BCUT2D eigenvalue weighted by Gasteiger charge is 2.12. The SMILES string of the molecule is COc1ccc(CC(=O)NCCCCCc2nc3ccccc3n2Cc2cc(C)ccc2C)cc1OC. The number of hydrogen-bond acceptors (Lipinski definition) is 4. The average molecular weight is 500 g/mol. The summed E-state index contributed by atoms with van der Waals surface area (Å²) in [5.74, 6) is 2.44. The number of carbonyl (C=O) groups is 1. The summed E-state index contributed by atoms with van der Waals surface area (Å²) in [6.07, 6.45) is 4.24. The highest BCUT2D eigenvalue weighted by atomic mass is 16.5. The van der Waals surface area contributed by atoms with Crippen LogP contribution in [0.4, 0.5) is 0 Å². The van der Waals surface area contributed by atoms with Gasteiger partial charge in [0.15, 0.2) is 11.5 Å². The van der Waals surface area contributed by atoms with Crippen molar-refractivity contribution in [2.24, 2.45) is 0 Å². The number of aromatic nitrogens is 2. The monoisotopic (exact) mass is 499 g/mol. The standard InChI is InChI=1S/C31H37N3O3/c1-22-13-14-23(2)25(18-22)21-34-27-11-8-7-10-26(27)33-30(34)12-6-5-9-17-32-31(35)20-24-15-16-28(36-3)29(19-24)37-4/h7-8,10-11,13-16,18-19H,5-6,9,12,17,20-21H2,1-4H3,(H,32,35). The number of benzene rings is 3. The first kappa shape index (κ1) is 26.3. The summed E-state index contributed by atoms with van der Waals surface area (Å²) >= 11 is 0. The van der Waals surface area contributed by atoms with Gasteiger partial charge >= 0.3 is 0 Å². The molecule has 0 radical (unpaired) electrons. The van der Waals surface area contributed by atoms with Gasteiger partial charge in [-0.3, -0.25) is 4.79 Å². The van der Waals surface area contributed by atoms with Crippen molar-refractivity contribution >= 4 is 16.9 Å². The van der Waals surface area contributed by atoms with E-state index in [0.717, 1.165) is 49.1 Å². The number of nitrogens with zero attached hydrogens (tertiary/aromatic N) is 2. The van der Waals surface area contributed by atoms with Gasteiger partial charge in [0.2, 0.25) is 5.91 Å². The summed E-state index contributed by atoms with van der Waals surface area (Å²) < 4.78 is 13.0. The van der Waals surface area contributed by atoms with Gasteiger partial charge in [-0.25, -0.2) is 4.98 Å². The van der Waals surface area contributed by atoms with Crippen LogP contribution in [0.2, 0.25) is 0 Å². The van der Waals surface area contributed by atoms with Gasteiger partial charge in [-0.2, -0.15) is 0 Å². The Morgan fingerprint density at radius 2 is 1.73 bits per heavy atom. The number of aryl methyl sites for hydroxylation is 3. The van der Waals surface area contributed by atoms with Crippen LogP contribution in [-0.4, -0.2) is 36.2 Å². The van der Waals surface area contributed by atoms with Crippen molar-refractivity contribution in [1.82, 2.24) is 14.9 Å². The van der Waals surface area contributed by atoms with E-state index in [4.69, 9.17) is 14.5 Å². The highest BCUT2D eigenvalue weighted by Crippen LogP contribution is 2.27. The third kappa shape index (κ3) is 6.70. The number of imidazole rings is 1. The molecule has 37 heavy (non-hydrogen) atoms. The van der Waals surface area contributed by atoms with Gasteiger partial charge in [0.1, 0.15) is 5.82 Å². The Kier molecular flexibility index (Phi) is 8.83. The van der Waals surface area contributed by atoms with E-state index in [2.05, 4.69) is 60.1 Å². The molecule has 0 saturated carbocycles. The smallest absolute Gasteiger partial charge is 0.224 e. The Morgan fingerprint density at radius 1 is 0.919 bits per heavy atom. The zero-order valence-corrected chi connectivity index (χ0v) is 22.3. The largest absolute Gasteiger partial charge is 0.493 e. The van der Waals surface area contributed by atoms with Crippen LogP contribution in [0.3, 0.4) is 0 Å². The van der Waals surface area contributed by atoms with Gasteiger partial charge in [-0.05, 0) is 67.6 Å². The third-order valence-corrected chi connectivity index (χ3v) is 6.78. The van der Waals surface area contributed by atoms with Crippen molar-refractivity contribution in [1.29, 1.82) is 0 Å². The molecule has 1 amide bonds. The Morgan fingerprint density at radius 3 is 2.54 bits per heavy atom. The van der Waals surface area contributed by atoms with Crippen LogP contribution >= 0.6 is 0 Å². The first-order valence-corrected chi connectivity index (χ1v) is 13.0. The molecular formula is C31H37N3O3. The molecule has 1 heterocycles. The lowest BCUT2D eigenvalue weighted by atomic mass is 10.1. The maximum Gasteiger partial charge on any atom is 0.224 e. The number of unbranched alkanes of at least 4 members (excludes halogenated alkanes) is 2.